The van der Waals surface area contributed by atoms with Crippen molar-refractivity contribution < 1.29 is 4.42 Å². The Morgan fingerprint density at radius 2 is 1.22 bits per heavy atom. The van der Waals surface area contributed by atoms with E-state index in [0.29, 0.717) is 5.82 Å². The molecule has 0 saturated heterocycles. The number of fused-ring (bicyclic) bond motifs is 11. The molecule has 0 radical (unpaired) electrons. The van der Waals surface area contributed by atoms with Crippen molar-refractivity contribution in [2.24, 2.45) is 0 Å². The van der Waals surface area contributed by atoms with Crippen LogP contribution in [-0.2, 0) is 0 Å². The van der Waals surface area contributed by atoms with Crippen molar-refractivity contribution >= 4 is 86.2 Å². The van der Waals surface area contributed by atoms with Crippen LogP contribution >= 0.6 is 11.3 Å². The second-order valence-electron chi connectivity index (χ2n) is 12.5. The first kappa shape index (κ1) is 26.7. The van der Waals surface area contributed by atoms with Crippen LogP contribution in [0, 0.1) is 0 Å². The molecular weight excluding hydrogens is 619 g/mol. The molecule has 4 nitrogen and oxygen atoms in total. The monoisotopic (exact) mass is 643 g/mol. The molecule has 0 spiro atoms. The van der Waals surface area contributed by atoms with E-state index >= 15 is 0 Å². The van der Waals surface area contributed by atoms with Crippen molar-refractivity contribution in [2.45, 2.75) is 0 Å². The Hall–Kier alpha value is -6.30. The minimum atomic E-state index is 0.660. The molecular formula is C44H25N3OS. The first-order chi connectivity index (χ1) is 24.3. The van der Waals surface area contributed by atoms with Crippen molar-refractivity contribution in [2.75, 3.05) is 0 Å². The van der Waals surface area contributed by atoms with Gasteiger partial charge in [0.25, 0.3) is 0 Å². The third-order valence-electron chi connectivity index (χ3n) is 9.79. The Labute approximate surface area is 284 Å². The minimum absolute atomic E-state index is 0.660. The SMILES string of the molecule is c1ccc(-c2nc(-c3cc4ccccc4c4c3oc3ccc(-n5c6ccccc6c6ccccc65)cc34)nc3c2sc2ccccc23)cc1. The van der Waals surface area contributed by atoms with E-state index in [-0.39, 0.29) is 0 Å². The highest BCUT2D eigenvalue weighted by atomic mass is 32.1. The molecule has 7 aromatic carbocycles. The maximum atomic E-state index is 6.83. The van der Waals surface area contributed by atoms with Gasteiger partial charge in [0.1, 0.15) is 11.2 Å². The number of thiophene rings is 1. The number of hydrogen-bond acceptors (Lipinski definition) is 4. The fourth-order valence-corrected chi connectivity index (χ4v) is 8.78. The largest absolute Gasteiger partial charge is 0.455 e. The summed E-state index contributed by atoms with van der Waals surface area (Å²) in [4.78, 5) is 10.6. The van der Waals surface area contributed by atoms with Crippen LogP contribution in [0.25, 0.3) is 103 Å². The second-order valence-corrected chi connectivity index (χ2v) is 13.6. The van der Waals surface area contributed by atoms with Crippen LogP contribution in [0.3, 0.4) is 0 Å². The third-order valence-corrected chi connectivity index (χ3v) is 11.0. The molecule has 49 heavy (non-hydrogen) atoms. The van der Waals surface area contributed by atoms with Gasteiger partial charge in [-0.25, -0.2) is 9.97 Å². The van der Waals surface area contributed by atoms with E-state index in [0.717, 1.165) is 70.8 Å². The highest BCUT2D eigenvalue weighted by Crippen LogP contribution is 2.44. The van der Waals surface area contributed by atoms with E-state index in [1.165, 1.54) is 26.5 Å². The molecule has 0 aliphatic rings. The molecule has 0 saturated carbocycles. The quantitative estimate of drug-likeness (QED) is 0.192. The summed E-state index contributed by atoms with van der Waals surface area (Å²) < 4.78 is 11.5. The van der Waals surface area contributed by atoms with Gasteiger partial charge in [-0.15, -0.1) is 11.3 Å². The Morgan fingerprint density at radius 1 is 0.551 bits per heavy atom. The van der Waals surface area contributed by atoms with Gasteiger partial charge in [0.05, 0.1) is 32.5 Å². The van der Waals surface area contributed by atoms with Gasteiger partial charge in [-0.1, -0.05) is 109 Å². The topological polar surface area (TPSA) is 43.9 Å². The molecule has 11 aromatic rings. The van der Waals surface area contributed by atoms with Crippen LogP contribution in [0.4, 0.5) is 0 Å². The van der Waals surface area contributed by atoms with Gasteiger partial charge >= 0.3 is 0 Å². The molecule has 0 unspecified atom stereocenters. The maximum absolute atomic E-state index is 6.83. The van der Waals surface area contributed by atoms with E-state index in [1.54, 1.807) is 11.3 Å². The van der Waals surface area contributed by atoms with Gasteiger partial charge in [0.2, 0.25) is 0 Å². The third kappa shape index (κ3) is 3.85. The van der Waals surface area contributed by atoms with Gasteiger partial charge in [-0.3, -0.25) is 0 Å². The highest BCUT2D eigenvalue weighted by molar-refractivity contribution is 7.26. The normalized spacial score (nSPS) is 12.1. The molecule has 0 bridgehead atoms. The lowest BCUT2D eigenvalue weighted by Crippen LogP contribution is -1.94. The number of rotatable bonds is 3. The van der Waals surface area contributed by atoms with Crippen LogP contribution in [0.1, 0.15) is 0 Å². The summed E-state index contributed by atoms with van der Waals surface area (Å²) in [6, 6.07) is 53.5. The lowest BCUT2D eigenvalue weighted by molar-refractivity contribution is 0.670. The average Bonchev–Trinajstić information content (AvgIpc) is 3.84. The van der Waals surface area contributed by atoms with Gasteiger partial charge in [-0.05, 0) is 53.2 Å². The molecule has 228 valence electrons. The Balaban J connectivity index is 1.23. The summed E-state index contributed by atoms with van der Waals surface area (Å²) >= 11 is 1.75. The molecule has 0 aliphatic heterocycles. The van der Waals surface area contributed by atoms with E-state index in [4.69, 9.17) is 14.4 Å². The summed E-state index contributed by atoms with van der Waals surface area (Å²) in [7, 11) is 0. The first-order valence-corrected chi connectivity index (χ1v) is 17.2. The number of nitrogens with zero attached hydrogens (tertiary/aromatic N) is 3. The van der Waals surface area contributed by atoms with Crippen molar-refractivity contribution in [1.82, 2.24) is 14.5 Å². The van der Waals surface area contributed by atoms with Gasteiger partial charge in [-0.2, -0.15) is 0 Å². The van der Waals surface area contributed by atoms with Crippen LogP contribution in [0.15, 0.2) is 156 Å². The van der Waals surface area contributed by atoms with E-state index < -0.39 is 0 Å². The minimum Gasteiger partial charge on any atom is -0.455 e. The Bertz CT molecular complexity index is 3060. The van der Waals surface area contributed by atoms with Crippen LogP contribution in [0.2, 0.25) is 0 Å². The molecule has 5 heteroatoms. The average molecular weight is 644 g/mol. The molecule has 0 atom stereocenters. The molecule has 4 heterocycles. The number of furan rings is 1. The second kappa shape index (κ2) is 10.1. The summed E-state index contributed by atoms with van der Waals surface area (Å²) in [6.45, 7) is 0. The van der Waals surface area contributed by atoms with E-state index in [2.05, 4.69) is 150 Å². The standard InChI is InChI=1S/C44H25N3OS/c1-2-12-26(13-3-1)40-43-41(32-18-8-11-21-38(32)49-43)46-44(45-40)34-24-27-14-4-5-15-29(27)39-33-25-28(22-23-37(33)48-42(34)39)47-35-19-9-6-16-30(35)31-17-7-10-20-36(31)47/h1-25H. The van der Waals surface area contributed by atoms with Crippen molar-refractivity contribution in [1.29, 1.82) is 0 Å². The zero-order chi connectivity index (χ0) is 32.1. The predicted octanol–water partition coefficient (Wildman–Crippen LogP) is 12.3. The number of aromatic nitrogens is 3. The van der Waals surface area contributed by atoms with E-state index in [9.17, 15) is 0 Å². The molecule has 0 amide bonds. The fourth-order valence-electron chi connectivity index (χ4n) is 7.62. The van der Waals surface area contributed by atoms with Gasteiger partial charge < -0.3 is 8.98 Å². The predicted molar refractivity (Wildman–Crippen MR) is 205 cm³/mol. The van der Waals surface area contributed by atoms with Crippen LogP contribution in [0.5, 0.6) is 0 Å². The summed E-state index contributed by atoms with van der Waals surface area (Å²) in [6.07, 6.45) is 0. The molecule has 0 aliphatic carbocycles. The number of hydrogen-bond donors (Lipinski definition) is 0. The molecule has 11 rings (SSSR count). The lowest BCUT2D eigenvalue weighted by atomic mass is 9.99. The lowest BCUT2D eigenvalue weighted by Gasteiger charge is -2.10. The van der Waals surface area contributed by atoms with Crippen molar-refractivity contribution in [3.63, 3.8) is 0 Å². The fraction of sp³-hybridized carbons (Fsp3) is 0. The first-order valence-electron chi connectivity index (χ1n) is 16.4. The number of benzene rings is 7. The molecule has 0 fully saturated rings. The van der Waals surface area contributed by atoms with Crippen LogP contribution in [-0.4, -0.2) is 14.5 Å². The van der Waals surface area contributed by atoms with Crippen molar-refractivity contribution in [3.8, 4) is 28.3 Å². The smallest absolute Gasteiger partial charge is 0.164 e. The summed E-state index contributed by atoms with van der Waals surface area (Å²) in [5.74, 6) is 0.660. The highest BCUT2D eigenvalue weighted by Gasteiger charge is 2.22. The van der Waals surface area contributed by atoms with Crippen molar-refractivity contribution in [3.05, 3.63) is 152 Å². The maximum Gasteiger partial charge on any atom is 0.164 e. The summed E-state index contributed by atoms with van der Waals surface area (Å²) in [5.41, 5.74) is 8.95. The van der Waals surface area contributed by atoms with Gasteiger partial charge in [0.15, 0.2) is 5.82 Å². The zero-order valence-electron chi connectivity index (χ0n) is 26.1. The van der Waals surface area contributed by atoms with E-state index in [1.807, 2.05) is 6.07 Å². The van der Waals surface area contributed by atoms with Gasteiger partial charge in [0, 0.05) is 42.9 Å². The number of para-hydroxylation sites is 2. The zero-order valence-corrected chi connectivity index (χ0v) is 26.9. The summed E-state index contributed by atoms with van der Waals surface area (Å²) in [5, 5.41) is 8.03. The Kier molecular flexibility index (Phi) is 5.51. The van der Waals surface area contributed by atoms with Crippen LogP contribution < -0.4 is 0 Å². The molecule has 4 aromatic heterocycles. The molecule has 0 N–H and O–H groups in total. The Morgan fingerprint density at radius 3 is 2.02 bits per heavy atom.